The molecule has 0 saturated carbocycles. The molecule has 5 nitrogen and oxygen atoms in total. The van der Waals surface area contributed by atoms with Gasteiger partial charge in [0.1, 0.15) is 0 Å². The molecular weight excluding hydrogens is 158 g/mol. The Morgan fingerprint density at radius 2 is 1.75 bits per heavy atom. The number of carbonyl (C=O) groups is 2. The second-order valence-electron chi connectivity index (χ2n) is 2.84. The van der Waals surface area contributed by atoms with E-state index in [9.17, 15) is 9.59 Å². The Morgan fingerprint density at radius 1 is 1.17 bits per heavy atom. The molecule has 1 fully saturated rings. The third-order valence-electron chi connectivity index (χ3n) is 1.87. The Kier molecular flexibility index (Phi) is 2.90. The first-order valence-corrected chi connectivity index (χ1v) is 4.05. The number of primary amides is 1. The Morgan fingerprint density at radius 3 is 2.25 bits per heavy atom. The SMILES string of the molecule is NC(=O)NC(=O)N1CCCCC1. The largest absolute Gasteiger partial charge is 0.351 e. The molecule has 0 aromatic rings. The Balaban J connectivity index is 2.34. The number of imide groups is 1. The highest BCUT2D eigenvalue weighted by atomic mass is 16.2. The maximum atomic E-state index is 11.1. The van der Waals surface area contributed by atoms with Gasteiger partial charge in [0, 0.05) is 13.1 Å². The van der Waals surface area contributed by atoms with E-state index < -0.39 is 6.03 Å². The van der Waals surface area contributed by atoms with Gasteiger partial charge in [0.25, 0.3) is 0 Å². The molecule has 0 bridgehead atoms. The van der Waals surface area contributed by atoms with Crippen LogP contribution in [0.25, 0.3) is 0 Å². The summed E-state index contributed by atoms with van der Waals surface area (Å²) < 4.78 is 0. The molecule has 1 aliphatic heterocycles. The van der Waals surface area contributed by atoms with Crippen molar-refractivity contribution < 1.29 is 9.59 Å². The first kappa shape index (κ1) is 8.83. The van der Waals surface area contributed by atoms with Crippen LogP contribution in [0, 0.1) is 0 Å². The van der Waals surface area contributed by atoms with E-state index in [-0.39, 0.29) is 6.03 Å². The lowest BCUT2D eigenvalue weighted by molar-refractivity contribution is 0.186. The van der Waals surface area contributed by atoms with Crippen molar-refractivity contribution in [2.45, 2.75) is 19.3 Å². The smallest absolute Gasteiger partial charge is 0.325 e. The minimum absolute atomic E-state index is 0.373. The lowest BCUT2D eigenvalue weighted by Gasteiger charge is -2.25. The summed E-state index contributed by atoms with van der Waals surface area (Å²) in [5.74, 6) is 0. The number of likely N-dealkylation sites (tertiary alicyclic amines) is 1. The summed E-state index contributed by atoms with van der Waals surface area (Å²) in [6.07, 6.45) is 3.17. The van der Waals surface area contributed by atoms with Crippen molar-refractivity contribution in [1.82, 2.24) is 10.2 Å². The van der Waals surface area contributed by atoms with E-state index in [0.717, 1.165) is 32.4 Å². The maximum Gasteiger partial charge on any atom is 0.325 e. The minimum atomic E-state index is -0.787. The highest BCUT2D eigenvalue weighted by Crippen LogP contribution is 2.07. The van der Waals surface area contributed by atoms with Gasteiger partial charge in [-0.2, -0.15) is 0 Å². The molecule has 0 atom stereocenters. The number of piperidine rings is 1. The van der Waals surface area contributed by atoms with Crippen LogP contribution >= 0.6 is 0 Å². The molecule has 1 rings (SSSR count). The molecule has 0 unspecified atom stereocenters. The van der Waals surface area contributed by atoms with E-state index in [2.05, 4.69) is 0 Å². The van der Waals surface area contributed by atoms with E-state index in [0.29, 0.717) is 0 Å². The molecular formula is C7H13N3O2. The zero-order valence-corrected chi connectivity index (χ0v) is 6.88. The fourth-order valence-corrected chi connectivity index (χ4v) is 1.28. The van der Waals surface area contributed by atoms with Crippen LogP contribution in [0.3, 0.4) is 0 Å². The monoisotopic (exact) mass is 171 g/mol. The van der Waals surface area contributed by atoms with Crippen molar-refractivity contribution in [2.75, 3.05) is 13.1 Å². The van der Waals surface area contributed by atoms with Gasteiger partial charge >= 0.3 is 12.1 Å². The average Bonchev–Trinajstić information content (AvgIpc) is 2.05. The summed E-state index contributed by atoms with van der Waals surface area (Å²) >= 11 is 0. The zero-order chi connectivity index (χ0) is 8.97. The lowest BCUT2D eigenvalue weighted by Crippen LogP contribution is -2.46. The molecule has 4 amide bonds. The number of carbonyl (C=O) groups excluding carboxylic acids is 2. The van der Waals surface area contributed by atoms with Gasteiger partial charge in [0.05, 0.1) is 0 Å². The van der Waals surface area contributed by atoms with Crippen LogP contribution in [0.2, 0.25) is 0 Å². The summed E-state index contributed by atoms with van der Waals surface area (Å²) in [5.41, 5.74) is 4.80. The Hall–Kier alpha value is -1.26. The second kappa shape index (κ2) is 3.94. The molecule has 3 N–H and O–H groups in total. The van der Waals surface area contributed by atoms with Crippen molar-refractivity contribution in [3.63, 3.8) is 0 Å². The van der Waals surface area contributed by atoms with E-state index in [1.807, 2.05) is 5.32 Å². The van der Waals surface area contributed by atoms with Gasteiger partial charge in [0.15, 0.2) is 0 Å². The molecule has 1 aliphatic rings. The van der Waals surface area contributed by atoms with Crippen molar-refractivity contribution in [2.24, 2.45) is 5.73 Å². The molecule has 12 heavy (non-hydrogen) atoms. The first-order valence-electron chi connectivity index (χ1n) is 4.05. The second-order valence-corrected chi connectivity index (χ2v) is 2.84. The number of amides is 4. The highest BCUT2D eigenvalue weighted by molar-refractivity contribution is 5.92. The van der Waals surface area contributed by atoms with E-state index >= 15 is 0 Å². The number of urea groups is 2. The summed E-state index contributed by atoms with van der Waals surface area (Å²) in [6.45, 7) is 1.44. The summed E-state index contributed by atoms with van der Waals surface area (Å²) in [5, 5.41) is 2.04. The van der Waals surface area contributed by atoms with Crippen LogP contribution in [0.5, 0.6) is 0 Å². The fraction of sp³-hybridized carbons (Fsp3) is 0.714. The van der Waals surface area contributed by atoms with Crippen LogP contribution in [0.4, 0.5) is 9.59 Å². The van der Waals surface area contributed by atoms with Gasteiger partial charge in [-0.1, -0.05) is 0 Å². The predicted molar refractivity (Wildman–Crippen MR) is 43.5 cm³/mol. The summed E-state index contributed by atoms with van der Waals surface area (Å²) in [4.78, 5) is 23.0. The van der Waals surface area contributed by atoms with Crippen molar-refractivity contribution in [3.8, 4) is 0 Å². The van der Waals surface area contributed by atoms with Gasteiger partial charge in [-0.3, -0.25) is 5.32 Å². The quantitative estimate of drug-likeness (QED) is 0.548. The zero-order valence-electron chi connectivity index (χ0n) is 6.88. The number of rotatable bonds is 0. The fourth-order valence-electron chi connectivity index (χ4n) is 1.28. The third-order valence-corrected chi connectivity index (χ3v) is 1.87. The number of nitrogens with one attached hydrogen (secondary N) is 1. The summed E-state index contributed by atoms with van der Waals surface area (Å²) in [7, 11) is 0. The van der Waals surface area contributed by atoms with Crippen LogP contribution in [-0.2, 0) is 0 Å². The van der Waals surface area contributed by atoms with E-state index in [4.69, 9.17) is 5.73 Å². The number of nitrogens with zero attached hydrogens (tertiary/aromatic N) is 1. The van der Waals surface area contributed by atoms with Gasteiger partial charge in [0.2, 0.25) is 0 Å². The molecule has 0 spiro atoms. The average molecular weight is 171 g/mol. The maximum absolute atomic E-state index is 11.1. The van der Waals surface area contributed by atoms with Crippen LogP contribution in [0.15, 0.2) is 0 Å². The normalized spacial score (nSPS) is 17.2. The molecule has 1 saturated heterocycles. The van der Waals surface area contributed by atoms with E-state index in [1.54, 1.807) is 4.90 Å². The first-order chi connectivity index (χ1) is 5.70. The lowest BCUT2D eigenvalue weighted by atomic mass is 10.1. The van der Waals surface area contributed by atoms with Gasteiger partial charge in [-0.25, -0.2) is 9.59 Å². The molecule has 0 radical (unpaired) electrons. The molecule has 0 aliphatic carbocycles. The van der Waals surface area contributed by atoms with Crippen LogP contribution in [-0.4, -0.2) is 30.1 Å². The number of hydrogen-bond acceptors (Lipinski definition) is 2. The molecule has 68 valence electrons. The van der Waals surface area contributed by atoms with Crippen molar-refractivity contribution in [1.29, 1.82) is 0 Å². The van der Waals surface area contributed by atoms with E-state index in [1.165, 1.54) is 0 Å². The molecule has 5 heteroatoms. The Labute approximate surface area is 70.9 Å². The number of hydrogen-bond donors (Lipinski definition) is 2. The molecule has 0 aromatic heterocycles. The number of nitrogens with two attached hydrogens (primary N) is 1. The Bertz CT molecular complexity index is 187. The van der Waals surface area contributed by atoms with Gasteiger partial charge < -0.3 is 10.6 Å². The topological polar surface area (TPSA) is 75.4 Å². The third kappa shape index (κ3) is 2.41. The predicted octanol–water partition coefficient (Wildman–Crippen LogP) is 0.261. The minimum Gasteiger partial charge on any atom is -0.351 e. The summed E-state index contributed by atoms with van der Waals surface area (Å²) in [6, 6.07) is -1.16. The van der Waals surface area contributed by atoms with Gasteiger partial charge in [-0.15, -0.1) is 0 Å². The van der Waals surface area contributed by atoms with Crippen LogP contribution in [0.1, 0.15) is 19.3 Å². The molecule has 0 aromatic carbocycles. The van der Waals surface area contributed by atoms with Gasteiger partial charge in [-0.05, 0) is 19.3 Å². The van der Waals surface area contributed by atoms with Crippen molar-refractivity contribution >= 4 is 12.1 Å². The standard InChI is InChI=1S/C7H13N3O2/c8-6(11)9-7(12)10-4-2-1-3-5-10/h1-5H2,(H3,8,9,11,12). The highest BCUT2D eigenvalue weighted by Gasteiger charge is 2.16. The molecule has 1 heterocycles. The van der Waals surface area contributed by atoms with Crippen molar-refractivity contribution in [3.05, 3.63) is 0 Å². The van der Waals surface area contributed by atoms with Crippen LogP contribution < -0.4 is 11.1 Å².